The zero-order valence-corrected chi connectivity index (χ0v) is 13.8. The van der Waals surface area contributed by atoms with E-state index in [0.717, 1.165) is 12.1 Å². The first-order chi connectivity index (χ1) is 12.8. The number of carbonyl (C=O) groups excluding carboxylic acids is 1. The number of rotatable bonds is 5. The first kappa shape index (κ1) is 18.4. The highest BCUT2D eigenvalue weighted by molar-refractivity contribution is 6.03. The third kappa shape index (κ3) is 4.05. The number of aromatic nitrogens is 3. The fourth-order valence-corrected chi connectivity index (χ4v) is 2.32. The van der Waals surface area contributed by atoms with Gasteiger partial charge in [0.15, 0.2) is 17.3 Å². The van der Waals surface area contributed by atoms with Gasteiger partial charge in [0.25, 0.3) is 5.91 Å². The van der Waals surface area contributed by atoms with Crippen LogP contribution in [0.1, 0.15) is 16.2 Å². The molecule has 0 unspecified atom stereocenters. The van der Waals surface area contributed by atoms with Crippen LogP contribution in [0.25, 0.3) is 5.69 Å². The quantitative estimate of drug-likeness (QED) is 0.686. The van der Waals surface area contributed by atoms with Crippen molar-refractivity contribution in [2.45, 2.75) is 13.5 Å². The summed E-state index contributed by atoms with van der Waals surface area (Å²) in [5.74, 6) is -2.82. The summed E-state index contributed by atoms with van der Waals surface area (Å²) in [4.78, 5) is 12.3. The van der Waals surface area contributed by atoms with Gasteiger partial charge in [0.1, 0.15) is 5.75 Å². The summed E-state index contributed by atoms with van der Waals surface area (Å²) in [5, 5.41) is 10.0. The summed E-state index contributed by atoms with van der Waals surface area (Å²) in [6.45, 7) is -1.36. The van der Waals surface area contributed by atoms with Crippen molar-refractivity contribution < 1.29 is 27.1 Å². The lowest BCUT2D eigenvalue weighted by Gasteiger charge is -2.07. The molecule has 0 bridgehead atoms. The number of nitrogens with zero attached hydrogens (tertiary/aromatic N) is 3. The number of alkyl halides is 2. The van der Waals surface area contributed by atoms with Gasteiger partial charge in [0.05, 0.1) is 11.4 Å². The molecule has 0 spiro atoms. The number of amides is 1. The zero-order chi connectivity index (χ0) is 19.6. The lowest BCUT2D eigenvalue weighted by Crippen LogP contribution is -2.14. The van der Waals surface area contributed by atoms with Crippen LogP contribution in [0.5, 0.6) is 5.75 Å². The molecule has 0 aliphatic carbocycles. The standard InChI is InChI=1S/C17H12F4N4O2/c1-9-15(16(26)22-10-2-7-13(18)14(19)8-10)23-24-25(9)11-3-5-12(6-4-11)27-17(20)21/h2-8,17H,1H3,(H,22,26). The van der Waals surface area contributed by atoms with Crippen LogP contribution in [0.15, 0.2) is 42.5 Å². The summed E-state index contributed by atoms with van der Waals surface area (Å²) >= 11 is 0. The molecule has 3 aromatic rings. The van der Waals surface area contributed by atoms with Crippen LogP contribution in [0.4, 0.5) is 23.2 Å². The maximum atomic E-state index is 13.2. The van der Waals surface area contributed by atoms with E-state index in [-0.39, 0.29) is 17.1 Å². The number of carbonyl (C=O) groups is 1. The lowest BCUT2D eigenvalue weighted by atomic mass is 10.2. The number of nitrogens with one attached hydrogen (secondary N) is 1. The third-order valence-electron chi connectivity index (χ3n) is 3.59. The van der Waals surface area contributed by atoms with E-state index in [9.17, 15) is 22.4 Å². The Bertz CT molecular complexity index is 974. The fourth-order valence-electron chi connectivity index (χ4n) is 2.32. The average molecular weight is 380 g/mol. The van der Waals surface area contributed by atoms with E-state index >= 15 is 0 Å². The molecule has 0 saturated heterocycles. The minimum atomic E-state index is -2.93. The van der Waals surface area contributed by atoms with Crippen molar-refractivity contribution in [1.82, 2.24) is 15.0 Å². The maximum Gasteiger partial charge on any atom is 0.387 e. The molecule has 1 heterocycles. The Morgan fingerprint density at radius 1 is 1.11 bits per heavy atom. The van der Waals surface area contributed by atoms with Crippen molar-refractivity contribution in [3.63, 3.8) is 0 Å². The van der Waals surface area contributed by atoms with Crippen LogP contribution in [0.3, 0.4) is 0 Å². The van der Waals surface area contributed by atoms with Gasteiger partial charge in [0, 0.05) is 11.8 Å². The second-order valence-electron chi connectivity index (χ2n) is 5.39. The molecular formula is C17H12F4N4O2. The second kappa shape index (κ2) is 7.44. The van der Waals surface area contributed by atoms with Crippen LogP contribution >= 0.6 is 0 Å². The van der Waals surface area contributed by atoms with E-state index in [1.165, 1.54) is 35.0 Å². The molecule has 0 fully saturated rings. The van der Waals surface area contributed by atoms with Gasteiger partial charge >= 0.3 is 6.61 Å². The molecule has 27 heavy (non-hydrogen) atoms. The van der Waals surface area contributed by atoms with Crippen molar-refractivity contribution in [3.05, 3.63) is 65.5 Å². The molecule has 3 rings (SSSR count). The van der Waals surface area contributed by atoms with E-state index in [4.69, 9.17) is 0 Å². The summed E-state index contributed by atoms with van der Waals surface area (Å²) in [7, 11) is 0. The Morgan fingerprint density at radius 2 is 1.81 bits per heavy atom. The highest BCUT2D eigenvalue weighted by atomic mass is 19.3. The number of benzene rings is 2. The Labute approximate surface area is 150 Å². The monoisotopic (exact) mass is 380 g/mol. The minimum Gasteiger partial charge on any atom is -0.435 e. The minimum absolute atomic E-state index is 0.0252. The van der Waals surface area contributed by atoms with Gasteiger partial charge in [-0.1, -0.05) is 5.21 Å². The molecule has 2 aromatic carbocycles. The van der Waals surface area contributed by atoms with E-state index in [2.05, 4.69) is 20.4 Å². The zero-order valence-electron chi connectivity index (χ0n) is 13.8. The number of hydrogen-bond acceptors (Lipinski definition) is 4. The smallest absolute Gasteiger partial charge is 0.387 e. The first-order valence-corrected chi connectivity index (χ1v) is 7.59. The normalized spacial score (nSPS) is 10.9. The Morgan fingerprint density at radius 3 is 2.44 bits per heavy atom. The second-order valence-corrected chi connectivity index (χ2v) is 5.39. The third-order valence-corrected chi connectivity index (χ3v) is 3.59. The predicted molar refractivity (Wildman–Crippen MR) is 87.0 cm³/mol. The molecule has 6 nitrogen and oxygen atoms in total. The number of hydrogen-bond donors (Lipinski definition) is 1. The maximum absolute atomic E-state index is 13.2. The Kier molecular flexibility index (Phi) is 5.06. The van der Waals surface area contributed by atoms with Gasteiger partial charge in [-0.05, 0) is 43.3 Å². The van der Waals surface area contributed by atoms with E-state index in [1.54, 1.807) is 6.92 Å². The van der Waals surface area contributed by atoms with Gasteiger partial charge < -0.3 is 10.1 Å². The van der Waals surface area contributed by atoms with Gasteiger partial charge in [0.2, 0.25) is 0 Å². The molecule has 1 aromatic heterocycles. The van der Waals surface area contributed by atoms with Crippen molar-refractivity contribution in [1.29, 1.82) is 0 Å². The molecule has 1 N–H and O–H groups in total. The summed E-state index contributed by atoms with van der Waals surface area (Å²) in [6.07, 6.45) is 0. The fraction of sp³-hybridized carbons (Fsp3) is 0.118. The van der Waals surface area contributed by atoms with E-state index in [1.807, 2.05) is 0 Å². The molecule has 0 radical (unpaired) electrons. The molecular weight excluding hydrogens is 368 g/mol. The summed E-state index contributed by atoms with van der Waals surface area (Å²) < 4.78 is 56.1. The van der Waals surface area contributed by atoms with Gasteiger partial charge in [-0.25, -0.2) is 13.5 Å². The van der Waals surface area contributed by atoms with Crippen molar-refractivity contribution in [3.8, 4) is 11.4 Å². The highest BCUT2D eigenvalue weighted by Crippen LogP contribution is 2.19. The topological polar surface area (TPSA) is 69.0 Å². The first-order valence-electron chi connectivity index (χ1n) is 7.59. The van der Waals surface area contributed by atoms with Crippen molar-refractivity contribution in [2.24, 2.45) is 0 Å². The molecule has 140 valence electrons. The van der Waals surface area contributed by atoms with E-state index in [0.29, 0.717) is 11.4 Å². The summed E-state index contributed by atoms with van der Waals surface area (Å²) in [5.41, 5.74) is 0.847. The molecule has 0 aliphatic heterocycles. The Balaban J connectivity index is 1.79. The molecule has 0 atom stereocenters. The number of anilines is 1. The predicted octanol–water partition coefficient (Wildman–Crippen LogP) is 3.71. The molecule has 1 amide bonds. The van der Waals surface area contributed by atoms with Gasteiger partial charge in [-0.15, -0.1) is 5.10 Å². The van der Waals surface area contributed by atoms with Crippen LogP contribution in [-0.4, -0.2) is 27.5 Å². The summed E-state index contributed by atoms with van der Waals surface area (Å²) in [6, 6.07) is 8.52. The van der Waals surface area contributed by atoms with Crippen LogP contribution < -0.4 is 10.1 Å². The number of ether oxygens (including phenoxy) is 1. The van der Waals surface area contributed by atoms with Crippen LogP contribution in [0, 0.1) is 18.6 Å². The number of halogens is 4. The molecule has 10 heteroatoms. The van der Waals surface area contributed by atoms with Crippen molar-refractivity contribution >= 4 is 11.6 Å². The van der Waals surface area contributed by atoms with Crippen LogP contribution in [-0.2, 0) is 0 Å². The van der Waals surface area contributed by atoms with Gasteiger partial charge in [-0.3, -0.25) is 4.79 Å². The van der Waals surface area contributed by atoms with Gasteiger partial charge in [-0.2, -0.15) is 8.78 Å². The van der Waals surface area contributed by atoms with E-state index < -0.39 is 24.2 Å². The average Bonchev–Trinajstić information content (AvgIpc) is 3.00. The SMILES string of the molecule is Cc1c(C(=O)Nc2ccc(F)c(F)c2)nnn1-c1ccc(OC(F)F)cc1. The molecule has 0 aliphatic rings. The Hall–Kier alpha value is -3.43. The van der Waals surface area contributed by atoms with Crippen LogP contribution in [0.2, 0.25) is 0 Å². The molecule has 0 saturated carbocycles. The van der Waals surface area contributed by atoms with Crippen molar-refractivity contribution in [2.75, 3.05) is 5.32 Å². The largest absolute Gasteiger partial charge is 0.435 e. The lowest BCUT2D eigenvalue weighted by molar-refractivity contribution is -0.0498. The highest BCUT2D eigenvalue weighted by Gasteiger charge is 2.18.